The summed E-state index contributed by atoms with van der Waals surface area (Å²) in [6, 6.07) is 0. The molecule has 0 aliphatic carbocycles. The van der Waals surface area contributed by atoms with Crippen LogP contribution >= 0.6 is 0 Å². The van der Waals surface area contributed by atoms with Crippen molar-refractivity contribution in [2.24, 2.45) is 0 Å². The van der Waals surface area contributed by atoms with Crippen LogP contribution in [0.4, 0.5) is 0 Å². The van der Waals surface area contributed by atoms with E-state index in [0.29, 0.717) is 13.1 Å². The quantitative estimate of drug-likeness (QED) is 0.617. The molecule has 2 aliphatic heterocycles. The van der Waals surface area contributed by atoms with Crippen LogP contribution in [-0.2, 0) is 9.59 Å². The first-order chi connectivity index (χ1) is 6.77. The van der Waals surface area contributed by atoms with E-state index in [1.807, 2.05) is 0 Å². The number of rotatable bonds is 2. The largest absolute Gasteiger partial charge is 0.333 e. The molecule has 0 aromatic heterocycles. The van der Waals surface area contributed by atoms with E-state index in [-0.39, 0.29) is 18.4 Å². The van der Waals surface area contributed by atoms with Crippen molar-refractivity contribution >= 4 is 11.8 Å². The van der Waals surface area contributed by atoms with Gasteiger partial charge >= 0.3 is 0 Å². The normalized spacial score (nSPS) is 22.1. The fourth-order valence-corrected chi connectivity index (χ4v) is 1.85. The molecular formula is C9H15N3O2. The number of hydrogen-bond acceptors (Lipinski definition) is 3. The topological polar surface area (TPSA) is 52.7 Å². The Morgan fingerprint density at radius 1 is 1.43 bits per heavy atom. The van der Waals surface area contributed by atoms with Crippen LogP contribution in [0.2, 0.25) is 0 Å². The van der Waals surface area contributed by atoms with Gasteiger partial charge in [-0.1, -0.05) is 0 Å². The second-order valence-corrected chi connectivity index (χ2v) is 3.73. The number of nitrogens with one attached hydrogen (secondary N) is 1. The first-order valence-corrected chi connectivity index (χ1v) is 5.03. The molecule has 2 saturated heterocycles. The average molecular weight is 197 g/mol. The molecule has 2 fully saturated rings. The highest BCUT2D eigenvalue weighted by molar-refractivity contribution is 5.85. The van der Waals surface area contributed by atoms with Crippen molar-refractivity contribution in [2.45, 2.75) is 12.8 Å². The van der Waals surface area contributed by atoms with Crippen LogP contribution in [0.15, 0.2) is 0 Å². The molecule has 0 spiro atoms. The van der Waals surface area contributed by atoms with Crippen LogP contribution in [0.1, 0.15) is 12.8 Å². The van der Waals surface area contributed by atoms with Crippen LogP contribution < -0.4 is 5.32 Å². The van der Waals surface area contributed by atoms with Crippen molar-refractivity contribution in [3.8, 4) is 0 Å². The highest BCUT2D eigenvalue weighted by Gasteiger charge is 2.25. The van der Waals surface area contributed by atoms with Crippen molar-refractivity contribution in [1.29, 1.82) is 0 Å². The molecule has 2 aliphatic rings. The lowest BCUT2D eigenvalue weighted by atomic mass is 10.4. The summed E-state index contributed by atoms with van der Waals surface area (Å²) < 4.78 is 0. The highest BCUT2D eigenvalue weighted by Crippen LogP contribution is 2.09. The van der Waals surface area contributed by atoms with Crippen molar-refractivity contribution in [2.75, 3.05) is 32.8 Å². The van der Waals surface area contributed by atoms with E-state index in [1.165, 1.54) is 0 Å². The predicted octanol–water partition coefficient (Wildman–Crippen LogP) is -1.00. The molecule has 0 unspecified atom stereocenters. The minimum absolute atomic E-state index is 0.0604. The molecule has 5 nitrogen and oxygen atoms in total. The third kappa shape index (κ3) is 1.87. The van der Waals surface area contributed by atoms with Gasteiger partial charge in [0.2, 0.25) is 11.8 Å². The molecule has 2 heterocycles. The molecule has 2 amide bonds. The van der Waals surface area contributed by atoms with E-state index >= 15 is 0 Å². The van der Waals surface area contributed by atoms with Crippen molar-refractivity contribution in [1.82, 2.24) is 15.1 Å². The molecule has 1 N–H and O–H groups in total. The van der Waals surface area contributed by atoms with Gasteiger partial charge in [0.1, 0.15) is 0 Å². The van der Waals surface area contributed by atoms with E-state index < -0.39 is 0 Å². The Hall–Kier alpha value is -1.10. The standard InChI is InChI=1S/C9H15N3O2/c13-8-2-1-4-11(8)6-9(14)12-5-3-10-7-12/h10H,1-7H2. The summed E-state index contributed by atoms with van der Waals surface area (Å²) in [5.74, 6) is 0.177. The molecule has 78 valence electrons. The fourth-order valence-electron chi connectivity index (χ4n) is 1.85. The van der Waals surface area contributed by atoms with E-state index in [9.17, 15) is 9.59 Å². The second kappa shape index (κ2) is 3.96. The Balaban J connectivity index is 1.84. The number of hydrogen-bond donors (Lipinski definition) is 1. The molecule has 2 rings (SSSR count). The minimum Gasteiger partial charge on any atom is -0.333 e. The van der Waals surface area contributed by atoms with Crippen LogP contribution in [-0.4, -0.2) is 54.5 Å². The van der Waals surface area contributed by atoms with Crippen LogP contribution in [0.5, 0.6) is 0 Å². The molecule has 0 aromatic rings. The molecule has 0 bridgehead atoms. The van der Waals surface area contributed by atoms with Gasteiger partial charge in [0, 0.05) is 26.1 Å². The molecule has 0 radical (unpaired) electrons. The Labute approximate surface area is 83.0 Å². The summed E-state index contributed by atoms with van der Waals surface area (Å²) in [7, 11) is 0. The third-order valence-electron chi connectivity index (χ3n) is 2.71. The van der Waals surface area contributed by atoms with Gasteiger partial charge in [-0.15, -0.1) is 0 Å². The zero-order valence-electron chi connectivity index (χ0n) is 8.16. The van der Waals surface area contributed by atoms with E-state index in [4.69, 9.17) is 0 Å². The highest BCUT2D eigenvalue weighted by atomic mass is 16.2. The van der Waals surface area contributed by atoms with Gasteiger partial charge < -0.3 is 9.80 Å². The van der Waals surface area contributed by atoms with E-state index in [0.717, 1.165) is 26.1 Å². The Morgan fingerprint density at radius 3 is 2.86 bits per heavy atom. The fraction of sp³-hybridized carbons (Fsp3) is 0.778. The van der Waals surface area contributed by atoms with Gasteiger partial charge in [-0.2, -0.15) is 0 Å². The van der Waals surface area contributed by atoms with E-state index in [2.05, 4.69) is 5.32 Å². The number of carbonyl (C=O) groups excluding carboxylic acids is 2. The number of amides is 2. The van der Waals surface area contributed by atoms with Gasteiger partial charge in [0.25, 0.3) is 0 Å². The zero-order chi connectivity index (χ0) is 9.97. The summed E-state index contributed by atoms with van der Waals surface area (Å²) >= 11 is 0. The van der Waals surface area contributed by atoms with Crippen LogP contribution in [0, 0.1) is 0 Å². The maximum absolute atomic E-state index is 11.6. The smallest absolute Gasteiger partial charge is 0.243 e. The molecule has 0 saturated carbocycles. The Kier molecular flexibility index (Phi) is 2.67. The first-order valence-electron chi connectivity index (χ1n) is 5.03. The van der Waals surface area contributed by atoms with Crippen molar-refractivity contribution < 1.29 is 9.59 Å². The minimum atomic E-state index is 0.0604. The van der Waals surface area contributed by atoms with Gasteiger partial charge in [0.05, 0.1) is 13.2 Å². The maximum Gasteiger partial charge on any atom is 0.243 e. The summed E-state index contributed by atoms with van der Waals surface area (Å²) in [4.78, 5) is 26.3. The summed E-state index contributed by atoms with van der Waals surface area (Å²) in [5, 5.41) is 3.09. The Morgan fingerprint density at radius 2 is 2.29 bits per heavy atom. The lowest BCUT2D eigenvalue weighted by Gasteiger charge is -2.19. The first kappa shape index (κ1) is 9.45. The summed E-state index contributed by atoms with van der Waals surface area (Å²) in [5.41, 5.74) is 0. The van der Waals surface area contributed by atoms with E-state index in [1.54, 1.807) is 9.80 Å². The average Bonchev–Trinajstić information content (AvgIpc) is 2.77. The van der Waals surface area contributed by atoms with Crippen molar-refractivity contribution in [3.63, 3.8) is 0 Å². The SMILES string of the molecule is O=C(CN1CCCC1=O)N1CCNC1. The lowest BCUT2D eigenvalue weighted by Crippen LogP contribution is -2.40. The van der Waals surface area contributed by atoms with Gasteiger partial charge in [-0.25, -0.2) is 0 Å². The zero-order valence-corrected chi connectivity index (χ0v) is 8.16. The number of likely N-dealkylation sites (tertiary alicyclic amines) is 1. The lowest BCUT2D eigenvalue weighted by molar-refractivity contribution is -0.137. The Bertz CT molecular complexity index is 248. The second-order valence-electron chi connectivity index (χ2n) is 3.73. The van der Waals surface area contributed by atoms with Gasteiger partial charge in [0.15, 0.2) is 0 Å². The summed E-state index contributed by atoms with van der Waals surface area (Å²) in [6.07, 6.45) is 1.50. The van der Waals surface area contributed by atoms with Crippen LogP contribution in [0.25, 0.3) is 0 Å². The predicted molar refractivity (Wildman–Crippen MR) is 50.4 cm³/mol. The van der Waals surface area contributed by atoms with Gasteiger partial charge in [-0.3, -0.25) is 14.9 Å². The number of carbonyl (C=O) groups is 2. The molecular weight excluding hydrogens is 182 g/mol. The van der Waals surface area contributed by atoms with Crippen molar-refractivity contribution in [3.05, 3.63) is 0 Å². The molecule has 5 heteroatoms. The number of nitrogens with zero attached hydrogens (tertiary/aromatic N) is 2. The van der Waals surface area contributed by atoms with Crippen LogP contribution in [0.3, 0.4) is 0 Å². The summed E-state index contributed by atoms with van der Waals surface area (Å²) in [6.45, 7) is 3.26. The maximum atomic E-state index is 11.6. The molecule has 0 aromatic carbocycles. The van der Waals surface area contributed by atoms with Gasteiger partial charge in [-0.05, 0) is 6.42 Å². The monoisotopic (exact) mass is 197 g/mol. The third-order valence-corrected chi connectivity index (χ3v) is 2.71. The molecule has 14 heavy (non-hydrogen) atoms. The molecule has 0 atom stereocenters.